The SMILES string of the molecule is Cc1nc2scc(-c3ccc4ccccc4c3)n2c1CC#N. The van der Waals surface area contributed by atoms with E-state index in [0.29, 0.717) is 6.42 Å². The molecule has 0 unspecified atom stereocenters. The number of hydrogen-bond donors (Lipinski definition) is 0. The van der Waals surface area contributed by atoms with Crippen LogP contribution in [-0.4, -0.2) is 9.38 Å². The van der Waals surface area contributed by atoms with Crippen LogP contribution in [0.15, 0.2) is 47.8 Å². The number of nitriles is 1. The summed E-state index contributed by atoms with van der Waals surface area (Å²) in [7, 11) is 0. The van der Waals surface area contributed by atoms with Gasteiger partial charge in [0, 0.05) is 10.9 Å². The summed E-state index contributed by atoms with van der Waals surface area (Å²) in [5.41, 5.74) is 4.19. The molecule has 0 N–H and O–H groups in total. The van der Waals surface area contributed by atoms with Crippen LogP contribution in [0.1, 0.15) is 11.4 Å². The van der Waals surface area contributed by atoms with Crippen molar-refractivity contribution in [3.8, 4) is 17.3 Å². The first-order valence-electron chi connectivity index (χ1n) is 7.09. The van der Waals surface area contributed by atoms with E-state index in [1.54, 1.807) is 11.3 Å². The molecule has 3 nitrogen and oxygen atoms in total. The summed E-state index contributed by atoms with van der Waals surface area (Å²) in [6.07, 6.45) is 0.379. The molecule has 0 fully saturated rings. The minimum absolute atomic E-state index is 0.379. The van der Waals surface area contributed by atoms with Crippen molar-refractivity contribution in [3.63, 3.8) is 0 Å². The Labute approximate surface area is 132 Å². The highest BCUT2D eigenvalue weighted by Crippen LogP contribution is 2.30. The predicted octanol–water partition coefficient (Wildman–Crippen LogP) is 4.59. The van der Waals surface area contributed by atoms with Crippen molar-refractivity contribution in [1.29, 1.82) is 5.26 Å². The lowest BCUT2D eigenvalue weighted by molar-refractivity contribution is 1.05. The zero-order valence-corrected chi connectivity index (χ0v) is 12.9. The van der Waals surface area contributed by atoms with Crippen LogP contribution in [0.3, 0.4) is 0 Å². The van der Waals surface area contributed by atoms with Crippen molar-refractivity contribution < 1.29 is 0 Å². The molecule has 0 spiro atoms. The van der Waals surface area contributed by atoms with Gasteiger partial charge in [0.15, 0.2) is 4.96 Å². The van der Waals surface area contributed by atoms with Crippen LogP contribution >= 0.6 is 11.3 Å². The van der Waals surface area contributed by atoms with Crippen LogP contribution in [0.25, 0.3) is 27.0 Å². The number of fused-ring (bicyclic) bond motifs is 2. The first-order valence-corrected chi connectivity index (χ1v) is 7.97. The molecule has 2 heterocycles. The van der Waals surface area contributed by atoms with E-state index in [2.05, 4.69) is 63.3 Å². The zero-order valence-electron chi connectivity index (χ0n) is 12.1. The second kappa shape index (κ2) is 4.97. The molecule has 106 valence electrons. The molecule has 0 amide bonds. The molecule has 2 aromatic heterocycles. The normalized spacial score (nSPS) is 11.1. The lowest BCUT2D eigenvalue weighted by atomic mass is 10.1. The Balaban J connectivity index is 1.97. The molecule has 0 saturated heterocycles. The van der Waals surface area contributed by atoms with E-state index >= 15 is 0 Å². The Bertz CT molecular complexity index is 1030. The number of rotatable bonds is 2. The summed E-state index contributed by atoms with van der Waals surface area (Å²) in [5, 5.41) is 13.6. The average Bonchev–Trinajstić information content (AvgIpc) is 3.07. The molecule has 22 heavy (non-hydrogen) atoms. The Kier molecular flexibility index (Phi) is 2.95. The largest absolute Gasteiger partial charge is 0.286 e. The van der Waals surface area contributed by atoms with E-state index < -0.39 is 0 Å². The minimum Gasteiger partial charge on any atom is -0.286 e. The fourth-order valence-corrected chi connectivity index (χ4v) is 3.81. The first kappa shape index (κ1) is 13.1. The molecule has 0 aliphatic carbocycles. The smallest absolute Gasteiger partial charge is 0.194 e. The van der Waals surface area contributed by atoms with Gasteiger partial charge in [0.25, 0.3) is 0 Å². The summed E-state index contributed by atoms with van der Waals surface area (Å²) >= 11 is 1.62. The maximum atomic E-state index is 9.07. The molecule has 4 heteroatoms. The van der Waals surface area contributed by atoms with Crippen molar-refractivity contribution in [3.05, 3.63) is 59.2 Å². The third kappa shape index (κ3) is 1.91. The third-order valence-corrected chi connectivity index (χ3v) is 4.78. The van der Waals surface area contributed by atoms with Gasteiger partial charge >= 0.3 is 0 Å². The van der Waals surface area contributed by atoms with Crippen molar-refractivity contribution >= 4 is 27.1 Å². The van der Waals surface area contributed by atoms with Gasteiger partial charge in [-0.1, -0.05) is 36.4 Å². The Morgan fingerprint density at radius 2 is 2.00 bits per heavy atom. The fourth-order valence-electron chi connectivity index (χ4n) is 2.85. The van der Waals surface area contributed by atoms with Crippen LogP contribution < -0.4 is 0 Å². The Morgan fingerprint density at radius 3 is 2.82 bits per heavy atom. The Morgan fingerprint density at radius 1 is 1.18 bits per heavy atom. The van der Waals surface area contributed by atoms with Crippen LogP contribution in [0.5, 0.6) is 0 Å². The number of aryl methyl sites for hydroxylation is 1. The average molecular weight is 303 g/mol. The highest BCUT2D eigenvalue weighted by atomic mass is 32.1. The summed E-state index contributed by atoms with van der Waals surface area (Å²) in [6.45, 7) is 1.97. The van der Waals surface area contributed by atoms with Crippen molar-refractivity contribution in [2.75, 3.05) is 0 Å². The van der Waals surface area contributed by atoms with Gasteiger partial charge in [0.2, 0.25) is 0 Å². The monoisotopic (exact) mass is 303 g/mol. The first-order chi connectivity index (χ1) is 10.8. The molecule has 0 saturated carbocycles. The molecule has 0 bridgehead atoms. The number of imidazole rings is 1. The summed E-state index contributed by atoms with van der Waals surface area (Å²) < 4.78 is 2.12. The van der Waals surface area contributed by atoms with Crippen molar-refractivity contribution in [2.45, 2.75) is 13.3 Å². The van der Waals surface area contributed by atoms with E-state index in [1.807, 2.05) is 6.92 Å². The van der Waals surface area contributed by atoms with Crippen molar-refractivity contribution in [2.24, 2.45) is 0 Å². The van der Waals surface area contributed by atoms with E-state index in [0.717, 1.165) is 27.6 Å². The van der Waals surface area contributed by atoms with Gasteiger partial charge in [-0.2, -0.15) is 5.26 Å². The zero-order chi connectivity index (χ0) is 15.1. The van der Waals surface area contributed by atoms with Crippen LogP contribution in [0, 0.1) is 18.3 Å². The van der Waals surface area contributed by atoms with Gasteiger partial charge in [0.1, 0.15) is 0 Å². The molecule has 0 atom stereocenters. The van der Waals surface area contributed by atoms with Gasteiger partial charge in [-0.3, -0.25) is 4.40 Å². The lowest BCUT2D eigenvalue weighted by Crippen LogP contribution is -1.94. The number of hydrogen-bond acceptors (Lipinski definition) is 3. The maximum absolute atomic E-state index is 9.07. The topological polar surface area (TPSA) is 41.1 Å². The van der Waals surface area contributed by atoms with E-state index in [-0.39, 0.29) is 0 Å². The summed E-state index contributed by atoms with van der Waals surface area (Å²) in [6, 6.07) is 17.1. The Hall–Kier alpha value is -2.64. The van der Waals surface area contributed by atoms with Crippen molar-refractivity contribution in [1.82, 2.24) is 9.38 Å². The minimum atomic E-state index is 0.379. The highest BCUT2D eigenvalue weighted by molar-refractivity contribution is 7.15. The van der Waals surface area contributed by atoms with Crippen LogP contribution in [-0.2, 0) is 6.42 Å². The van der Waals surface area contributed by atoms with E-state index in [9.17, 15) is 0 Å². The third-order valence-electron chi connectivity index (χ3n) is 3.95. The van der Waals surface area contributed by atoms with Gasteiger partial charge in [-0.05, 0) is 23.8 Å². The van der Waals surface area contributed by atoms with E-state index in [4.69, 9.17) is 5.26 Å². The maximum Gasteiger partial charge on any atom is 0.194 e. The predicted molar refractivity (Wildman–Crippen MR) is 90.1 cm³/mol. The molecule has 0 aliphatic heterocycles. The number of thiazole rings is 1. The standard InChI is InChI=1S/C18H13N3S/c1-12-16(8-9-19)21-17(11-22-18(21)20-12)15-7-6-13-4-2-3-5-14(13)10-15/h2-7,10-11H,8H2,1H3. The number of nitrogens with zero attached hydrogens (tertiary/aromatic N) is 3. The number of aromatic nitrogens is 2. The molecule has 4 aromatic rings. The molecular formula is C18H13N3S. The molecule has 2 aromatic carbocycles. The van der Waals surface area contributed by atoms with Crippen LogP contribution in [0.4, 0.5) is 0 Å². The fraction of sp³-hybridized carbons (Fsp3) is 0.111. The summed E-state index contributed by atoms with van der Waals surface area (Å²) in [5.74, 6) is 0. The molecule has 0 radical (unpaired) electrons. The quantitative estimate of drug-likeness (QED) is 0.543. The molecule has 4 rings (SSSR count). The summed E-state index contributed by atoms with van der Waals surface area (Å²) in [4.78, 5) is 5.52. The molecular weight excluding hydrogens is 290 g/mol. The van der Waals surface area contributed by atoms with E-state index in [1.165, 1.54) is 10.8 Å². The highest BCUT2D eigenvalue weighted by Gasteiger charge is 2.15. The second-order valence-corrected chi connectivity index (χ2v) is 6.12. The van der Waals surface area contributed by atoms with Gasteiger partial charge in [0.05, 0.1) is 29.6 Å². The second-order valence-electron chi connectivity index (χ2n) is 5.28. The van der Waals surface area contributed by atoms with Crippen LogP contribution in [0.2, 0.25) is 0 Å². The number of benzene rings is 2. The van der Waals surface area contributed by atoms with Gasteiger partial charge in [-0.25, -0.2) is 4.98 Å². The lowest BCUT2D eigenvalue weighted by Gasteiger charge is -2.05. The van der Waals surface area contributed by atoms with Gasteiger partial charge in [-0.15, -0.1) is 11.3 Å². The van der Waals surface area contributed by atoms with Gasteiger partial charge < -0.3 is 0 Å². The molecule has 0 aliphatic rings.